The summed E-state index contributed by atoms with van der Waals surface area (Å²) in [6.07, 6.45) is 0. The van der Waals surface area contributed by atoms with E-state index < -0.39 is 11.9 Å². The van der Waals surface area contributed by atoms with E-state index in [-0.39, 0.29) is 12.4 Å². The zero-order valence-electron chi connectivity index (χ0n) is 13.9. The summed E-state index contributed by atoms with van der Waals surface area (Å²) in [7, 11) is 0. The average Bonchev–Trinajstić information content (AvgIpc) is 3.09. The van der Waals surface area contributed by atoms with Crippen LogP contribution in [0.5, 0.6) is 0 Å². The van der Waals surface area contributed by atoms with Crippen molar-refractivity contribution in [3.8, 4) is 0 Å². The number of esters is 1. The number of halogens is 1. The van der Waals surface area contributed by atoms with E-state index in [0.29, 0.717) is 21.2 Å². The van der Waals surface area contributed by atoms with Gasteiger partial charge in [-0.3, -0.25) is 4.79 Å². The number of aryl methyl sites for hydroxylation is 1. The highest BCUT2D eigenvalue weighted by Gasteiger charge is 2.23. The maximum absolute atomic E-state index is 12.5. The highest BCUT2D eigenvalue weighted by molar-refractivity contribution is 7.16. The lowest BCUT2D eigenvalue weighted by atomic mass is 10.1. The number of anilines is 1. The number of carbonyl (C=O) groups is 2. The SMILES string of the molecule is CCOC(=O)c1c(NC(=O)c2cc3cc(Cl)ccc3o2)sc(C)c1C. The Bertz CT molecular complexity index is 973. The number of fused-ring (bicyclic) bond motifs is 1. The highest BCUT2D eigenvalue weighted by Crippen LogP contribution is 2.33. The minimum absolute atomic E-state index is 0.149. The Morgan fingerprint density at radius 2 is 2.04 bits per heavy atom. The van der Waals surface area contributed by atoms with Crippen molar-refractivity contribution in [2.75, 3.05) is 11.9 Å². The van der Waals surface area contributed by atoms with Gasteiger partial charge in [0.15, 0.2) is 5.76 Å². The molecule has 3 aromatic rings. The summed E-state index contributed by atoms with van der Waals surface area (Å²) in [6.45, 7) is 5.73. The Labute approximate surface area is 153 Å². The summed E-state index contributed by atoms with van der Waals surface area (Å²) in [4.78, 5) is 25.7. The molecule has 0 unspecified atom stereocenters. The first-order valence-corrected chi connectivity index (χ1v) is 8.87. The molecule has 0 aliphatic heterocycles. The van der Waals surface area contributed by atoms with Crippen LogP contribution in [0.4, 0.5) is 5.00 Å². The van der Waals surface area contributed by atoms with Gasteiger partial charge >= 0.3 is 5.97 Å². The van der Waals surface area contributed by atoms with Crippen molar-refractivity contribution >= 4 is 50.8 Å². The summed E-state index contributed by atoms with van der Waals surface area (Å²) in [5, 5.41) is 4.51. The molecule has 5 nitrogen and oxygen atoms in total. The van der Waals surface area contributed by atoms with Gasteiger partial charge in [0.05, 0.1) is 12.2 Å². The topological polar surface area (TPSA) is 68.5 Å². The number of furan rings is 1. The van der Waals surface area contributed by atoms with Crippen LogP contribution in [0.15, 0.2) is 28.7 Å². The number of nitrogens with one attached hydrogen (secondary N) is 1. The second-order valence-electron chi connectivity index (χ2n) is 5.45. The zero-order valence-corrected chi connectivity index (χ0v) is 15.5. The predicted molar refractivity (Wildman–Crippen MR) is 98.9 cm³/mol. The van der Waals surface area contributed by atoms with E-state index in [1.165, 1.54) is 11.3 Å². The van der Waals surface area contributed by atoms with Crippen LogP contribution in [0.25, 0.3) is 11.0 Å². The molecular weight excluding hydrogens is 362 g/mol. The molecule has 3 rings (SSSR count). The second kappa shape index (κ2) is 6.90. The highest BCUT2D eigenvalue weighted by atomic mass is 35.5. The van der Waals surface area contributed by atoms with Crippen molar-refractivity contribution in [1.29, 1.82) is 0 Å². The Morgan fingerprint density at radius 3 is 2.76 bits per heavy atom. The predicted octanol–water partition coefficient (Wildman–Crippen LogP) is 5.19. The maximum atomic E-state index is 12.5. The Morgan fingerprint density at radius 1 is 1.28 bits per heavy atom. The van der Waals surface area contributed by atoms with Crippen LogP contribution in [0.3, 0.4) is 0 Å². The molecule has 0 saturated heterocycles. The molecule has 7 heteroatoms. The standard InChI is InChI=1S/C18H16ClNO4S/c1-4-23-18(22)15-9(2)10(3)25-17(15)20-16(21)14-8-11-7-12(19)5-6-13(11)24-14/h5-8H,4H2,1-3H3,(H,20,21). The Balaban J connectivity index is 1.92. The van der Waals surface area contributed by atoms with Crippen LogP contribution in [0.2, 0.25) is 5.02 Å². The van der Waals surface area contributed by atoms with E-state index in [9.17, 15) is 9.59 Å². The van der Waals surface area contributed by atoms with Crippen molar-refractivity contribution in [3.05, 3.63) is 51.1 Å². The van der Waals surface area contributed by atoms with E-state index in [1.807, 2.05) is 13.8 Å². The Kier molecular flexibility index (Phi) is 4.83. The number of amides is 1. The smallest absolute Gasteiger partial charge is 0.341 e. The first kappa shape index (κ1) is 17.5. The number of rotatable bonds is 4. The summed E-state index contributed by atoms with van der Waals surface area (Å²) in [6, 6.07) is 6.74. The third-order valence-electron chi connectivity index (χ3n) is 3.79. The number of hydrogen-bond donors (Lipinski definition) is 1. The van der Waals surface area contributed by atoms with E-state index in [1.54, 1.807) is 31.2 Å². The van der Waals surface area contributed by atoms with Crippen LogP contribution in [-0.4, -0.2) is 18.5 Å². The third kappa shape index (κ3) is 3.41. The largest absolute Gasteiger partial charge is 0.462 e. The van der Waals surface area contributed by atoms with Gasteiger partial charge in [0.1, 0.15) is 10.6 Å². The van der Waals surface area contributed by atoms with Crippen LogP contribution in [0, 0.1) is 13.8 Å². The molecule has 0 aliphatic rings. The number of carbonyl (C=O) groups excluding carboxylic acids is 2. The zero-order chi connectivity index (χ0) is 18.1. The molecule has 1 aromatic carbocycles. The molecule has 1 N–H and O–H groups in total. The molecule has 0 fully saturated rings. The monoisotopic (exact) mass is 377 g/mol. The quantitative estimate of drug-likeness (QED) is 0.635. The maximum Gasteiger partial charge on any atom is 0.341 e. The molecule has 0 atom stereocenters. The van der Waals surface area contributed by atoms with E-state index in [4.69, 9.17) is 20.8 Å². The molecule has 2 heterocycles. The number of benzene rings is 1. The minimum atomic E-state index is -0.448. The van der Waals surface area contributed by atoms with Gasteiger partial charge < -0.3 is 14.5 Å². The molecule has 2 aromatic heterocycles. The fourth-order valence-electron chi connectivity index (χ4n) is 2.45. The summed E-state index contributed by atoms with van der Waals surface area (Å²) >= 11 is 7.28. The first-order valence-electron chi connectivity index (χ1n) is 7.68. The van der Waals surface area contributed by atoms with Crippen LogP contribution < -0.4 is 5.32 Å². The number of thiophene rings is 1. The van der Waals surface area contributed by atoms with Crippen molar-refractivity contribution in [3.63, 3.8) is 0 Å². The summed E-state index contributed by atoms with van der Waals surface area (Å²) in [5.41, 5.74) is 1.76. The molecule has 25 heavy (non-hydrogen) atoms. The van der Waals surface area contributed by atoms with Gasteiger partial charge in [0.2, 0.25) is 0 Å². The van der Waals surface area contributed by atoms with Gasteiger partial charge in [-0.2, -0.15) is 0 Å². The van der Waals surface area contributed by atoms with Crippen molar-refractivity contribution < 1.29 is 18.7 Å². The Hall–Kier alpha value is -2.31. The lowest BCUT2D eigenvalue weighted by Gasteiger charge is -2.06. The third-order valence-corrected chi connectivity index (χ3v) is 5.15. The van der Waals surface area contributed by atoms with E-state index in [2.05, 4.69) is 5.32 Å². The normalized spacial score (nSPS) is 10.9. The molecule has 0 aliphatic carbocycles. The summed E-state index contributed by atoms with van der Waals surface area (Å²) in [5.74, 6) is -0.731. The number of hydrogen-bond acceptors (Lipinski definition) is 5. The van der Waals surface area contributed by atoms with Gasteiger partial charge in [0, 0.05) is 15.3 Å². The first-order chi connectivity index (χ1) is 11.9. The minimum Gasteiger partial charge on any atom is -0.462 e. The van der Waals surface area contributed by atoms with Gasteiger partial charge in [0.25, 0.3) is 5.91 Å². The number of ether oxygens (including phenoxy) is 1. The van der Waals surface area contributed by atoms with E-state index in [0.717, 1.165) is 15.8 Å². The molecular formula is C18H16ClNO4S. The van der Waals surface area contributed by atoms with Crippen LogP contribution >= 0.6 is 22.9 Å². The fourth-order valence-corrected chi connectivity index (χ4v) is 3.68. The lowest BCUT2D eigenvalue weighted by Crippen LogP contribution is -2.14. The fraction of sp³-hybridized carbons (Fsp3) is 0.222. The van der Waals surface area contributed by atoms with Crippen LogP contribution in [0.1, 0.15) is 38.3 Å². The van der Waals surface area contributed by atoms with Crippen LogP contribution in [-0.2, 0) is 4.74 Å². The molecule has 0 radical (unpaired) electrons. The van der Waals surface area contributed by atoms with Crippen molar-refractivity contribution in [2.45, 2.75) is 20.8 Å². The van der Waals surface area contributed by atoms with Gasteiger partial charge in [-0.25, -0.2) is 4.79 Å². The van der Waals surface area contributed by atoms with Gasteiger partial charge in [-0.1, -0.05) is 11.6 Å². The van der Waals surface area contributed by atoms with Crippen molar-refractivity contribution in [2.24, 2.45) is 0 Å². The molecule has 0 spiro atoms. The average molecular weight is 378 g/mol. The van der Waals surface area contributed by atoms with Gasteiger partial charge in [-0.15, -0.1) is 11.3 Å². The van der Waals surface area contributed by atoms with E-state index >= 15 is 0 Å². The van der Waals surface area contributed by atoms with Gasteiger partial charge in [-0.05, 0) is 50.6 Å². The van der Waals surface area contributed by atoms with Crippen molar-refractivity contribution in [1.82, 2.24) is 0 Å². The molecule has 1 amide bonds. The summed E-state index contributed by atoms with van der Waals surface area (Å²) < 4.78 is 10.6. The second-order valence-corrected chi connectivity index (χ2v) is 7.12. The molecule has 130 valence electrons. The molecule has 0 saturated carbocycles. The molecule has 0 bridgehead atoms. The lowest BCUT2D eigenvalue weighted by molar-refractivity contribution is 0.0527.